The number of phenolic OH excluding ortho intramolecular Hbond substituents is 1. The standard InChI is InChI=1S/C7H8O.K/c1-6-2-4-7(8)5-3-6;/h2-5,8H,1H3;. The fourth-order valence-electron chi connectivity index (χ4n) is 0.545. The Balaban J connectivity index is 0.000000640. The van der Waals surface area contributed by atoms with Gasteiger partial charge in [-0.25, -0.2) is 0 Å². The number of rotatable bonds is 0. The summed E-state index contributed by atoms with van der Waals surface area (Å²) in [6.07, 6.45) is 0. The minimum absolute atomic E-state index is 0. The zero-order valence-electron chi connectivity index (χ0n) is 5.76. The van der Waals surface area contributed by atoms with Gasteiger partial charge in [0.25, 0.3) is 0 Å². The Hall–Kier alpha value is 0.656. The van der Waals surface area contributed by atoms with Crippen molar-refractivity contribution in [1.29, 1.82) is 0 Å². The molecule has 0 atom stereocenters. The Kier molecular flexibility index (Phi) is 4.79. The monoisotopic (exact) mass is 147 g/mol. The number of phenols is 1. The second kappa shape index (κ2) is 4.47. The van der Waals surface area contributed by atoms with Crippen LogP contribution in [0.4, 0.5) is 0 Å². The fourth-order valence-corrected chi connectivity index (χ4v) is 0.545. The number of aryl methyl sites for hydroxylation is 1. The summed E-state index contributed by atoms with van der Waals surface area (Å²) in [6, 6.07) is 7.09. The topological polar surface area (TPSA) is 20.2 Å². The van der Waals surface area contributed by atoms with E-state index in [2.05, 4.69) is 0 Å². The van der Waals surface area contributed by atoms with Crippen molar-refractivity contribution in [3.8, 4) is 5.75 Å². The van der Waals surface area contributed by atoms with E-state index >= 15 is 0 Å². The maximum Gasteiger partial charge on any atom is 0.115 e. The first kappa shape index (κ1) is 9.66. The zero-order chi connectivity index (χ0) is 5.98. The van der Waals surface area contributed by atoms with E-state index in [1.807, 2.05) is 19.1 Å². The van der Waals surface area contributed by atoms with Crippen LogP contribution < -0.4 is 0 Å². The van der Waals surface area contributed by atoms with Crippen LogP contribution >= 0.6 is 0 Å². The van der Waals surface area contributed by atoms with E-state index in [0.717, 1.165) is 0 Å². The molecule has 1 rings (SSSR count). The normalized spacial score (nSPS) is 8.11. The minimum atomic E-state index is 0. The summed E-state index contributed by atoms with van der Waals surface area (Å²) in [5, 5.41) is 8.76. The van der Waals surface area contributed by atoms with Gasteiger partial charge < -0.3 is 5.11 Å². The van der Waals surface area contributed by atoms with Crippen molar-refractivity contribution < 1.29 is 5.11 Å². The van der Waals surface area contributed by atoms with E-state index < -0.39 is 0 Å². The molecule has 0 aromatic heterocycles. The zero-order valence-corrected chi connectivity index (χ0v) is 8.88. The number of aromatic hydroxyl groups is 1. The molecule has 0 fully saturated rings. The molecule has 1 nitrogen and oxygen atoms in total. The van der Waals surface area contributed by atoms with E-state index in [-0.39, 0.29) is 51.4 Å². The van der Waals surface area contributed by atoms with Gasteiger partial charge in [0.15, 0.2) is 0 Å². The molecule has 1 radical (unpaired) electrons. The Morgan fingerprint density at radius 3 is 1.89 bits per heavy atom. The molecule has 9 heavy (non-hydrogen) atoms. The van der Waals surface area contributed by atoms with Crippen molar-refractivity contribution in [2.75, 3.05) is 0 Å². The first-order valence-electron chi connectivity index (χ1n) is 2.54. The SMILES string of the molecule is Cc1ccc(O)cc1.[K]. The van der Waals surface area contributed by atoms with Crippen LogP contribution in [0, 0.1) is 6.92 Å². The van der Waals surface area contributed by atoms with Crippen LogP contribution in [0.1, 0.15) is 5.56 Å². The van der Waals surface area contributed by atoms with Gasteiger partial charge in [-0.2, -0.15) is 0 Å². The van der Waals surface area contributed by atoms with E-state index in [0.29, 0.717) is 5.75 Å². The van der Waals surface area contributed by atoms with Crippen molar-refractivity contribution >= 4 is 51.4 Å². The van der Waals surface area contributed by atoms with E-state index in [9.17, 15) is 0 Å². The summed E-state index contributed by atoms with van der Waals surface area (Å²) in [5.41, 5.74) is 1.17. The predicted octanol–water partition coefficient (Wildman–Crippen LogP) is 1.32. The third-order valence-corrected chi connectivity index (χ3v) is 1.03. The molecule has 0 saturated carbocycles. The van der Waals surface area contributed by atoms with Gasteiger partial charge in [-0.1, -0.05) is 17.7 Å². The van der Waals surface area contributed by atoms with Gasteiger partial charge in [-0.15, -0.1) is 0 Å². The molecule has 2 heteroatoms. The average molecular weight is 147 g/mol. The fraction of sp³-hybridized carbons (Fsp3) is 0.143. The van der Waals surface area contributed by atoms with E-state index in [1.54, 1.807) is 12.1 Å². The van der Waals surface area contributed by atoms with Gasteiger partial charge in [0.1, 0.15) is 5.75 Å². The first-order valence-corrected chi connectivity index (χ1v) is 2.54. The number of benzene rings is 1. The molecule has 0 aliphatic rings. The van der Waals surface area contributed by atoms with Gasteiger partial charge in [0.05, 0.1) is 0 Å². The van der Waals surface area contributed by atoms with Crippen LogP contribution in [0.2, 0.25) is 0 Å². The van der Waals surface area contributed by atoms with Crippen LogP contribution in [0.3, 0.4) is 0 Å². The average Bonchev–Trinajstić information content (AvgIpc) is 1.77. The molecular formula is C7H8KO. The molecule has 0 amide bonds. The van der Waals surface area contributed by atoms with Crippen molar-refractivity contribution in [2.24, 2.45) is 0 Å². The molecule has 0 aliphatic carbocycles. The van der Waals surface area contributed by atoms with Crippen LogP contribution in [-0.4, -0.2) is 56.5 Å². The van der Waals surface area contributed by atoms with Crippen molar-refractivity contribution in [2.45, 2.75) is 6.92 Å². The quantitative estimate of drug-likeness (QED) is 0.549. The Labute approximate surface area is 97.5 Å². The first-order chi connectivity index (χ1) is 3.79. The summed E-state index contributed by atoms with van der Waals surface area (Å²) >= 11 is 0. The van der Waals surface area contributed by atoms with Gasteiger partial charge in [-0.05, 0) is 19.1 Å². The summed E-state index contributed by atoms with van der Waals surface area (Å²) < 4.78 is 0. The number of hydrogen-bond donors (Lipinski definition) is 1. The van der Waals surface area contributed by atoms with Crippen molar-refractivity contribution in [1.82, 2.24) is 0 Å². The minimum Gasteiger partial charge on any atom is -0.508 e. The third kappa shape index (κ3) is 3.38. The maximum atomic E-state index is 8.76. The molecule has 0 saturated heterocycles. The molecule has 1 aromatic carbocycles. The summed E-state index contributed by atoms with van der Waals surface area (Å²) in [4.78, 5) is 0. The molecule has 1 aromatic rings. The second-order valence-electron chi connectivity index (χ2n) is 1.84. The van der Waals surface area contributed by atoms with Gasteiger partial charge in [0, 0.05) is 51.4 Å². The molecule has 0 aliphatic heterocycles. The van der Waals surface area contributed by atoms with E-state index in [4.69, 9.17) is 5.11 Å². The molecule has 0 heterocycles. The van der Waals surface area contributed by atoms with E-state index in [1.165, 1.54) is 5.56 Å². The van der Waals surface area contributed by atoms with Gasteiger partial charge in [-0.3, -0.25) is 0 Å². The molecule has 0 spiro atoms. The van der Waals surface area contributed by atoms with Gasteiger partial charge >= 0.3 is 0 Å². The van der Waals surface area contributed by atoms with Crippen molar-refractivity contribution in [3.05, 3.63) is 29.8 Å². The van der Waals surface area contributed by atoms with Crippen molar-refractivity contribution in [3.63, 3.8) is 0 Å². The molecular weight excluding hydrogens is 139 g/mol. The van der Waals surface area contributed by atoms with Crippen LogP contribution in [0.5, 0.6) is 5.75 Å². The summed E-state index contributed by atoms with van der Waals surface area (Å²) in [7, 11) is 0. The molecule has 0 unspecified atom stereocenters. The van der Waals surface area contributed by atoms with Crippen LogP contribution in [0.25, 0.3) is 0 Å². The Bertz CT molecular complexity index is 148. The Morgan fingerprint density at radius 2 is 1.56 bits per heavy atom. The summed E-state index contributed by atoms with van der Waals surface area (Å²) in [6.45, 7) is 1.99. The van der Waals surface area contributed by atoms with Gasteiger partial charge in [0.2, 0.25) is 0 Å². The summed E-state index contributed by atoms with van der Waals surface area (Å²) in [5.74, 6) is 0.329. The van der Waals surface area contributed by atoms with Crippen LogP contribution in [0.15, 0.2) is 24.3 Å². The Morgan fingerprint density at radius 1 is 1.11 bits per heavy atom. The number of hydrogen-bond acceptors (Lipinski definition) is 1. The third-order valence-electron chi connectivity index (χ3n) is 1.03. The molecule has 43 valence electrons. The predicted molar refractivity (Wildman–Crippen MR) is 38.6 cm³/mol. The molecule has 0 bridgehead atoms. The molecule has 1 N–H and O–H groups in total. The second-order valence-corrected chi connectivity index (χ2v) is 1.84. The van der Waals surface area contributed by atoms with Crippen LogP contribution in [-0.2, 0) is 0 Å². The smallest absolute Gasteiger partial charge is 0.115 e. The largest absolute Gasteiger partial charge is 0.508 e. The maximum absolute atomic E-state index is 8.76.